The van der Waals surface area contributed by atoms with Crippen LogP contribution in [0.5, 0.6) is 0 Å². The highest BCUT2D eigenvalue weighted by Crippen LogP contribution is 2.19. The fraction of sp³-hybridized carbons (Fsp3) is 0.933. The van der Waals surface area contributed by atoms with Crippen LogP contribution in [0.4, 0.5) is 0 Å². The minimum absolute atomic E-state index is 0.152. The lowest BCUT2D eigenvalue weighted by Crippen LogP contribution is -2.53. The first-order chi connectivity index (χ1) is 9.42. The van der Waals surface area contributed by atoms with Gasteiger partial charge in [0.25, 0.3) is 0 Å². The van der Waals surface area contributed by atoms with Crippen molar-refractivity contribution in [2.24, 2.45) is 0 Å². The number of hydrogen-bond acceptors (Lipinski definition) is 5. The van der Waals surface area contributed by atoms with E-state index in [2.05, 4.69) is 29.1 Å². The van der Waals surface area contributed by atoms with Crippen molar-refractivity contribution in [1.82, 2.24) is 15.1 Å². The van der Waals surface area contributed by atoms with Crippen LogP contribution in [0, 0.1) is 0 Å². The quantitative estimate of drug-likeness (QED) is 0.736. The molecular weight excluding hydrogens is 254 g/mol. The summed E-state index contributed by atoms with van der Waals surface area (Å²) in [6, 6.07) is 0.364. The van der Waals surface area contributed by atoms with Crippen molar-refractivity contribution in [3.63, 3.8) is 0 Å². The Morgan fingerprint density at radius 2 is 2.05 bits per heavy atom. The molecule has 5 heteroatoms. The van der Waals surface area contributed by atoms with Crippen LogP contribution in [0.15, 0.2) is 0 Å². The third-order valence-corrected chi connectivity index (χ3v) is 4.36. The van der Waals surface area contributed by atoms with E-state index in [1.165, 1.54) is 6.42 Å². The van der Waals surface area contributed by atoms with Crippen molar-refractivity contribution in [2.75, 3.05) is 46.9 Å². The largest absolute Gasteiger partial charge is 0.465 e. The summed E-state index contributed by atoms with van der Waals surface area (Å²) < 4.78 is 5.20. The molecule has 1 aliphatic rings. The number of ether oxygens (including phenoxy) is 1. The zero-order valence-corrected chi connectivity index (χ0v) is 13.7. The van der Waals surface area contributed by atoms with Crippen molar-refractivity contribution >= 4 is 5.97 Å². The Labute approximate surface area is 123 Å². The number of carbonyl (C=O) groups excluding carboxylic acids is 1. The van der Waals surface area contributed by atoms with E-state index in [9.17, 15) is 4.79 Å². The van der Waals surface area contributed by atoms with Gasteiger partial charge in [0, 0.05) is 19.1 Å². The summed E-state index contributed by atoms with van der Waals surface area (Å²) in [5.74, 6) is -0.152. The van der Waals surface area contributed by atoms with Gasteiger partial charge in [-0.25, -0.2) is 0 Å². The van der Waals surface area contributed by atoms with Crippen LogP contribution in [-0.2, 0) is 9.53 Å². The normalized spacial score (nSPS) is 22.9. The van der Waals surface area contributed by atoms with Crippen LogP contribution >= 0.6 is 0 Å². The van der Waals surface area contributed by atoms with Gasteiger partial charge >= 0.3 is 5.97 Å². The van der Waals surface area contributed by atoms with Gasteiger partial charge in [-0.1, -0.05) is 0 Å². The first-order valence-corrected chi connectivity index (χ1v) is 7.71. The Kier molecular flexibility index (Phi) is 6.92. The van der Waals surface area contributed by atoms with E-state index in [0.29, 0.717) is 12.6 Å². The summed E-state index contributed by atoms with van der Waals surface area (Å²) in [5.41, 5.74) is -0.604. The average Bonchev–Trinajstić information content (AvgIpc) is 2.63. The molecule has 0 saturated carbocycles. The molecule has 118 valence electrons. The molecule has 2 unspecified atom stereocenters. The summed E-state index contributed by atoms with van der Waals surface area (Å²) in [6.45, 7) is 10.9. The first-order valence-electron chi connectivity index (χ1n) is 7.71. The Morgan fingerprint density at radius 3 is 2.65 bits per heavy atom. The topological polar surface area (TPSA) is 44.8 Å². The van der Waals surface area contributed by atoms with E-state index < -0.39 is 5.54 Å². The predicted octanol–water partition coefficient (Wildman–Crippen LogP) is 0.944. The number of carbonyl (C=O) groups is 1. The number of nitrogens with zero attached hydrogens (tertiary/aromatic N) is 2. The molecule has 2 atom stereocenters. The van der Waals surface area contributed by atoms with E-state index >= 15 is 0 Å². The molecule has 1 saturated heterocycles. The molecule has 0 bridgehead atoms. The second-order valence-corrected chi connectivity index (χ2v) is 6.05. The number of esters is 1. The van der Waals surface area contributed by atoms with Crippen LogP contribution in [0.25, 0.3) is 0 Å². The van der Waals surface area contributed by atoms with E-state index in [4.69, 9.17) is 4.74 Å². The second-order valence-electron chi connectivity index (χ2n) is 6.05. The van der Waals surface area contributed by atoms with Gasteiger partial charge in [0.15, 0.2) is 0 Å². The molecule has 1 fully saturated rings. The van der Waals surface area contributed by atoms with Crippen molar-refractivity contribution in [3.8, 4) is 0 Å². The highest BCUT2D eigenvalue weighted by Gasteiger charge is 2.36. The molecule has 1 N–H and O–H groups in total. The molecule has 1 heterocycles. The number of rotatable bonds is 6. The maximum atomic E-state index is 12.1. The Balaban J connectivity index is 2.61. The lowest BCUT2D eigenvalue weighted by molar-refractivity contribution is -0.151. The summed E-state index contributed by atoms with van der Waals surface area (Å²) in [5, 5.41) is 3.15. The molecular formula is C15H31N3O2. The molecule has 0 radical (unpaired) electrons. The summed E-state index contributed by atoms with van der Waals surface area (Å²) >= 11 is 0. The lowest BCUT2D eigenvalue weighted by Gasteiger charge is -2.35. The molecule has 0 aromatic carbocycles. The van der Waals surface area contributed by atoms with Gasteiger partial charge in [0.2, 0.25) is 0 Å². The van der Waals surface area contributed by atoms with Crippen LogP contribution < -0.4 is 5.32 Å². The first kappa shape index (κ1) is 17.4. The standard InChI is InChI=1S/C15H31N3O2/c1-6-20-14(19)15(3,16-4)12-13(2)18-9-7-8-17(5)10-11-18/h13,16H,6-12H2,1-5H3. The summed E-state index contributed by atoms with van der Waals surface area (Å²) in [7, 11) is 4.00. The predicted molar refractivity (Wildman–Crippen MR) is 81.9 cm³/mol. The maximum absolute atomic E-state index is 12.1. The SMILES string of the molecule is CCOC(=O)C(C)(CC(C)N1CCCN(C)CC1)NC. The smallest absolute Gasteiger partial charge is 0.326 e. The van der Waals surface area contributed by atoms with Crippen molar-refractivity contribution in [1.29, 1.82) is 0 Å². The minimum Gasteiger partial charge on any atom is -0.465 e. The van der Waals surface area contributed by atoms with Gasteiger partial charge < -0.3 is 15.0 Å². The highest BCUT2D eigenvalue weighted by molar-refractivity contribution is 5.80. The molecule has 0 amide bonds. The molecule has 0 aromatic rings. The van der Waals surface area contributed by atoms with E-state index in [0.717, 1.165) is 32.6 Å². The zero-order chi connectivity index (χ0) is 15.2. The van der Waals surface area contributed by atoms with Gasteiger partial charge in [-0.05, 0) is 60.8 Å². The number of hydrogen-bond donors (Lipinski definition) is 1. The Bertz CT molecular complexity index is 311. The molecule has 5 nitrogen and oxygen atoms in total. The summed E-state index contributed by atoms with van der Waals surface area (Å²) in [6.07, 6.45) is 1.96. The molecule has 0 aliphatic carbocycles. The third kappa shape index (κ3) is 4.72. The van der Waals surface area contributed by atoms with Crippen LogP contribution in [0.3, 0.4) is 0 Å². The second kappa shape index (κ2) is 7.96. The van der Waals surface area contributed by atoms with Crippen molar-refractivity contribution in [2.45, 2.75) is 45.2 Å². The minimum atomic E-state index is -0.604. The fourth-order valence-corrected chi connectivity index (χ4v) is 2.81. The number of nitrogens with one attached hydrogen (secondary N) is 1. The molecule has 0 aromatic heterocycles. The highest BCUT2D eigenvalue weighted by atomic mass is 16.5. The Morgan fingerprint density at radius 1 is 1.35 bits per heavy atom. The molecule has 0 spiro atoms. The van der Waals surface area contributed by atoms with Gasteiger partial charge in [-0.15, -0.1) is 0 Å². The van der Waals surface area contributed by atoms with Gasteiger partial charge in [-0.3, -0.25) is 9.69 Å². The Hall–Kier alpha value is -0.650. The van der Waals surface area contributed by atoms with E-state index in [1.54, 1.807) is 0 Å². The van der Waals surface area contributed by atoms with E-state index in [1.807, 2.05) is 20.9 Å². The average molecular weight is 285 g/mol. The monoisotopic (exact) mass is 285 g/mol. The van der Waals surface area contributed by atoms with Crippen molar-refractivity contribution < 1.29 is 9.53 Å². The number of likely N-dealkylation sites (N-methyl/N-ethyl adjacent to an activating group) is 2. The van der Waals surface area contributed by atoms with Crippen molar-refractivity contribution in [3.05, 3.63) is 0 Å². The fourth-order valence-electron chi connectivity index (χ4n) is 2.81. The van der Waals surface area contributed by atoms with Crippen LogP contribution in [0.1, 0.15) is 33.6 Å². The molecule has 20 heavy (non-hydrogen) atoms. The van der Waals surface area contributed by atoms with Crippen LogP contribution in [-0.4, -0.2) is 74.2 Å². The lowest BCUT2D eigenvalue weighted by atomic mass is 9.93. The van der Waals surface area contributed by atoms with E-state index in [-0.39, 0.29) is 5.97 Å². The maximum Gasteiger partial charge on any atom is 0.326 e. The van der Waals surface area contributed by atoms with Gasteiger partial charge in [-0.2, -0.15) is 0 Å². The third-order valence-electron chi connectivity index (χ3n) is 4.36. The zero-order valence-electron chi connectivity index (χ0n) is 13.7. The van der Waals surface area contributed by atoms with Crippen LogP contribution in [0.2, 0.25) is 0 Å². The molecule has 1 rings (SSSR count). The summed E-state index contributed by atoms with van der Waals surface area (Å²) in [4.78, 5) is 17.0. The van der Waals surface area contributed by atoms with Gasteiger partial charge in [0.1, 0.15) is 5.54 Å². The van der Waals surface area contributed by atoms with Gasteiger partial charge in [0.05, 0.1) is 6.61 Å². The molecule has 1 aliphatic heterocycles.